The van der Waals surface area contributed by atoms with Crippen molar-refractivity contribution in [2.24, 2.45) is 0 Å². The van der Waals surface area contributed by atoms with E-state index in [-0.39, 0.29) is 49.7 Å². The molecule has 0 unspecified atom stereocenters. The van der Waals surface area contributed by atoms with Crippen LogP contribution in [0.4, 0.5) is 4.79 Å². The van der Waals surface area contributed by atoms with E-state index in [1.54, 1.807) is 19.1 Å². The Morgan fingerprint density at radius 1 is 1.00 bits per heavy atom. The molecule has 1 aliphatic heterocycles. The number of urea groups is 1. The SMILES string of the molecule is CCCCCc1ccc(C(=O)CCC(=O)OCC2=C(C(=O)OCC)CNC(=O)N2)cc1. The van der Waals surface area contributed by atoms with Gasteiger partial charge in [0.2, 0.25) is 0 Å². The molecule has 0 radical (unpaired) electrons. The molecule has 31 heavy (non-hydrogen) atoms. The van der Waals surface area contributed by atoms with Gasteiger partial charge in [-0.3, -0.25) is 9.59 Å². The maximum atomic E-state index is 12.3. The molecule has 1 heterocycles. The summed E-state index contributed by atoms with van der Waals surface area (Å²) in [5.41, 5.74) is 2.13. The van der Waals surface area contributed by atoms with Crippen molar-refractivity contribution in [2.75, 3.05) is 19.8 Å². The first kappa shape index (κ1) is 24.1. The number of hydrogen-bond donors (Lipinski definition) is 2. The van der Waals surface area contributed by atoms with Crippen molar-refractivity contribution in [1.82, 2.24) is 10.6 Å². The van der Waals surface area contributed by atoms with Crippen molar-refractivity contribution in [3.8, 4) is 0 Å². The molecular formula is C23H30N2O6. The van der Waals surface area contributed by atoms with E-state index >= 15 is 0 Å². The van der Waals surface area contributed by atoms with Crippen LogP contribution in [0.25, 0.3) is 0 Å². The highest BCUT2D eigenvalue weighted by Gasteiger charge is 2.24. The van der Waals surface area contributed by atoms with Gasteiger partial charge < -0.3 is 20.1 Å². The molecule has 0 aromatic heterocycles. The van der Waals surface area contributed by atoms with Crippen LogP contribution in [0.2, 0.25) is 0 Å². The molecule has 0 atom stereocenters. The normalized spacial score (nSPS) is 13.3. The quantitative estimate of drug-likeness (QED) is 0.300. The molecule has 1 aromatic rings. The van der Waals surface area contributed by atoms with Crippen molar-refractivity contribution in [2.45, 2.75) is 52.4 Å². The zero-order valence-corrected chi connectivity index (χ0v) is 18.1. The van der Waals surface area contributed by atoms with Gasteiger partial charge in [-0.1, -0.05) is 44.0 Å². The predicted octanol–water partition coefficient (Wildman–Crippen LogP) is 3.06. The number of aryl methyl sites for hydroxylation is 1. The van der Waals surface area contributed by atoms with Gasteiger partial charge in [0, 0.05) is 12.0 Å². The first-order valence-electron chi connectivity index (χ1n) is 10.7. The molecule has 1 aromatic carbocycles. The Bertz CT molecular complexity index is 829. The summed E-state index contributed by atoms with van der Waals surface area (Å²) < 4.78 is 10.1. The summed E-state index contributed by atoms with van der Waals surface area (Å²) in [5, 5.41) is 4.93. The summed E-state index contributed by atoms with van der Waals surface area (Å²) in [6, 6.07) is 6.98. The van der Waals surface area contributed by atoms with E-state index in [9.17, 15) is 19.2 Å². The van der Waals surface area contributed by atoms with Gasteiger partial charge in [0.05, 0.1) is 30.8 Å². The third kappa shape index (κ3) is 7.88. The van der Waals surface area contributed by atoms with Crippen LogP contribution >= 0.6 is 0 Å². The molecule has 0 saturated carbocycles. The van der Waals surface area contributed by atoms with Gasteiger partial charge in [0.1, 0.15) is 6.61 Å². The van der Waals surface area contributed by atoms with Crippen molar-refractivity contribution < 1.29 is 28.7 Å². The minimum absolute atomic E-state index is 0.00945. The van der Waals surface area contributed by atoms with Gasteiger partial charge in [0.15, 0.2) is 5.78 Å². The predicted molar refractivity (Wildman–Crippen MR) is 114 cm³/mol. The van der Waals surface area contributed by atoms with Crippen LogP contribution in [0.3, 0.4) is 0 Å². The first-order chi connectivity index (χ1) is 14.9. The minimum Gasteiger partial charge on any atom is -0.463 e. The summed E-state index contributed by atoms with van der Waals surface area (Å²) >= 11 is 0. The van der Waals surface area contributed by atoms with Gasteiger partial charge in [-0.25, -0.2) is 9.59 Å². The number of ether oxygens (including phenoxy) is 2. The molecule has 1 aliphatic rings. The van der Waals surface area contributed by atoms with Crippen molar-refractivity contribution in [3.63, 3.8) is 0 Å². The molecule has 2 N–H and O–H groups in total. The smallest absolute Gasteiger partial charge is 0.337 e. The molecule has 8 nitrogen and oxygen atoms in total. The first-order valence-corrected chi connectivity index (χ1v) is 10.7. The fraction of sp³-hybridized carbons (Fsp3) is 0.478. The Labute approximate surface area is 182 Å². The van der Waals surface area contributed by atoms with Crippen LogP contribution in [0.1, 0.15) is 61.9 Å². The Morgan fingerprint density at radius 2 is 1.74 bits per heavy atom. The monoisotopic (exact) mass is 430 g/mol. The third-order valence-electron chi connectivity index (χ3n) is 4.85. The number of carbonyl (C=O) groups excluding carboxylic acids is 4. The Morgan fingerprint density at radius 3 is 2.42 bits per heavy atom. The lowest BCUT2D eigenvalue weighted by Crippen LogP contribution is -2.45. The molecule has 0 aliphatic carbocycles. The summed E-state index contributed by atoms with van der Waals surface area (Å²) in [7, 11) is 0. The summed E-state index contributed by atoms with van der Waals surface area (Å²) in [5.74, 6) is -1.32. The minimum atomic E-state index is -0.590. The van der Waals surface area contributed by atoms with Crippen LogP contribution < -0.4 is 10.6 Å². The van der Waals surface area contributed by atoms with Gasteiger partial charge in [0.25, 0.3) is 0 Å². The average molecular weight is 431 g/mol. The lowest BCUT2D eigenvalue weighted by atomic mass is 10.0. The number of rotatable bonds is 12. The number of benzene rings is 1. The van der Waals surface area contributed by atoms with E-state index in [4.69, 9.17) is 9.47 Å². The van der Waals surface area contributed by atoms with E-state index in [2.05, 4.69) is 17.6 Å². The maximum Gasteiger partial charge on any atom is 0.337 e. The highest BCUT2D eigenvalue weighted by Crippen LogP contribution is 2.13. The second-order valence-corrected chi connectivity index (χ2v) is 7.22. The fourth-order valence-corrected chi connectivity index (χ4v) is 3.09. The van der Waals surface area contributed by atoms with E-state index in [1.165, 1.54) is 12.0 Å². The Hall–Kier alpha value is -3.16. The van der Waals surface area contributed by atoms with Crippen molar-refractivity contribution in [1.29, 1.82) is 0 Å². The highest BCUT2D eigenvalue weighted by molar-refractivity contribution is 5.97. The molecule has 0 bridgehead atoms. The standard InChI is InChI=1S/C23H30N2O6/c1-3-5-6-7-16-8-10-17(11-9-16)20(26)12-13-21(27)31-15-19-18(22(28)30-4-2)14-24-23(29)25-19/h8-11H,3-7,12-15H2,1-2H3,(H2,24,25,29). The number of esters is 2. The Balaban J connectivity index is 1.83. The third-order valence-corrected chi connectivity index (χ3v) is 4.85. The number of amides is 2. The topological polar surface area (TPSA) is 111 Å². The average Bonchev–Trinajstić information content (AvgIpc) is 2.77. The summed E-state index contributed by atoms with van der Waals surface area (Å²) in [6.07, 6.45) is 4.39. The van der Waals surface area contributed by atoms with Crippen LogP contribution in [0.5, 0.6) is 0 Å². The molecule has 8 heteroatoms. The van der Waals surface area contributed by atoms with Crippen LogP contribution in [-0.4, -0.2) is 43.5 Å². The van der Waals surface area contributed by atoms with Crippen LogP contribution in [0.15, 0.2) is 35.5 Å². The second-order valence-electron chi connectivity index (χ2n) is 7.22. The zero-order valence-electron chi connectivity index (χ0n) is 18.1. The lowest BCUT2D eigenvalue weighted by Gasteiger charge is -2.21. The molecule has 0 saturated heterocycles. The van der Waals surface area contributed by atoms with Crippen molar-refractivity contribution in [3.05, 3.63) is 46.7 Å². The molecular weight excluding hydrogens is 400 g/mol. The number of nitrogens with one attached hydrogen (secondary N) is 2. The molecule has 168 valence electrons. The second kappa shape index (κ2) is 12.5. The van der Waals surface area contributed by atoms with Gasteiger partial charge >= 0.3 is 18.0 Å². The molecule has 2 amide bonds. The summed E-state index contributed by atoms with van der Waals surface area (Å²) in [6.45, 7) is 3.73. The zero-order chi connectivity index (χ0) is 22.6. The number of Topliss-reactive ketones (excluding diaryl/α,β-unsaturated/α-hetero) is 1. The van der Waals surface area contributed by atoms with E-state index in [0.717, 1.165) is 19.3 Å². The molecule has 2 rings (SSSR count). The fourth-order valence-electron chi connectivity index (χ4n) is 3.09. The van der Waals surface area contributed by atoms with Gasteiger partial charge in [-0.2, -0.15) is 0 Å². The molecule has 0 fully saturated rings. The number of carbonyl (C=O) groups is 4. The van der Waals surface area contributed by atoms with E-state index in [1.807, 2.05) is 12.1 Å². The van der Waals surface area contributed by atoms with Crippen LogP contribution in [0, 0.1) is 0 Å². The highest BCUT2D eigenvalue weighted by atomic mass is 16.5. The van der Waals surface area contributed by atoms with E-state index in [0.29, 0.717) is 5.56 Å². The number of ketones is 1. The Kier molecular flexibility index (Phi) is 9.74. The largest absolute Gasteiger partial charge is 0.463 e. The van der Waals surface area contributed by atoms with Gasteiger partial charge in [-0.15, -0.1) is 0 Å². The van der Waals surface area contributed by atoms with E-state index < -0.39 is 18.0 Å². The van der Waals surface area contributed by atoms with Crippen LogP contribution in [-0.2, 0) is 25.5 Å². The van der Waals surface area contributed by atoms with Gasteiger partial charge in [-0.05, 0) is 25.3 Å². The number of hydrogen-bond acceptors (Lipinski definition) is 6. The number of unbranched alkanes of at least 4 members (excludes halogenated alkanes) is 2. The summed E-state index contributed by atoms with van der Waals surface area (Å²) in [4.78, 5) is 47.9. The maximum absolute atomic E-state index is 12.3. The molecule has 0 spiro atoms. The lowest BCUT2D eigenvalue weighted by molar-refractivity contribution is -0.143. The van der Waals surface area contributed by atoms with Crippen molar-refractivity contribution >= 4 is 23.8 Å².